The number of benzene rings is 1. The van der Waals surface area contributed by atoms with Crippen LogP contribution in [0.4, 0.5) is 10.1 Å². The summed E-state index contributed by atoms with van der Waals surface area (Å²) in [7, 11) is -1.26. The second-order valence-electron chi connectivity index (χ2n) is 4.22. The third kappa shape index (κ3) is 2.62. The van der Waals surface area contributed by atoms with Crippen LogP contribution in [0.1, 0.15) is 18.5 Å². The van der Waals surface area contributed by atoms with Crippen LogP contribution in [0.2, 0.25) is 0 Å². The minimum Gasteiger partial charge on any atom is -0.386 e. The molecule has 0 aliphatic carbocycles. The molecule has 1 aromatic rings. The third-order valence-corrected chi connectivity index (χ3v) is 4.66. The molecule has 0 aromatic heterocycles. The molecule has 102 valence electrons. The first-order valence-corrected chi connectivity index (χ1v) is 6.92. The van der Waals surface area contributed by atoms with Crippen LogP contribution in [-0.4, -0.2) is 26.0 Å². The molecule has 3 atom stereocenters. The summed E-state index contributed by atoms with van der Waals surface area (Å²) in [4.78, 5) is 14.2. The molecule has 0 saturated carbocycles. The number of nitro benzene ring substituents is 1. The summed E-state index contributed by atoms with van der Waals surface area (Å²) in [6, 6.07) is 2.47. The van der Waals surface area contributed by atoms with Gasteiger partial charge in [0.25, 0.3) is 5.69 Å². The summed E-state index contributed by atoms with van der Waals surface area (Å²) in [6.45, 7) is 1.68. The minimum atomic E-state index is -1.26. The van der Waals surface area contributed by atoms with Crippen LogP contribution in [0, 0.1) is 15.9 Å². The molecule has 2 rings (SSSR count). The van der Waals surface area contributed by atoms with Gasteiger partial charge in [-0.15, -0.1) is 0 Å². The van der Waals surface area contributed by atoms with Crippen molar-refractivity contribution in [1.82, 2.24) is 0 Å². The SMILES string of the molecule is CC1C(N)=NC(c2cc([N+](=O)[O-])ccc2F)CS1=O. The third-order valence-electron chi connectivity index (χ3n) is 2.99. The Kier molecular flexibility index (Phi) is 3.61. The molecule has 0 bridgehead atoms. The molecule has 19 heavy (non-hydrogen) atoms. The zero-order valence-electron chi connectivity index (χ0n) is 10.1. The van der Waals surface area contributed by atoms with Gasteiger partial charge in [0, 0.05) is 28.5 Å². The van der Waals surface area contributed by atoms with E-state index in [1.807, 2.05) is 0 Å². The van der Waals surface area contributed by atoms with Gasteiger partial charge in [-0.3, -0.25) is 19.3 Å². The van der Waals surface area contributed by atoms with Crippen LogP contribution >= 0.6 is 0 Å². The molecule has 1 aliphatic rings. The van der Waals surface area contributed by atoms with Gasteiger partial charge in [-0.2, -0.15) is 0 Å². The van der Waals surface area contributed by atoms with Crippen LogP contribution in [-0.2, 0) is 10.8 Å². The Morgan fingerprint density at radius 2 is 2.26 bits per heavy atom. The second kappa shape index (κ2) is 5.04. The Bertz CT molecular complexity index is 591. The highest BCUT2D eigenvalue weighted by molar-refractivity contribution is 7.86. The maximum absolute atomic E-state index is 13.7. The molecule has 8 heteroatoms. The highest BCUT2D eigenvalue weighted by Crippen LogP contribution is 2.29. The number of rotatable bonds is 2. The number of aliphatic imine (C=N–C) groups is 1. The molecule has 1 aromatic carbocycles. The smallest absolute Gasteiger partial charge is 0.269 e. The first-order chi connectivity index (χ1) is 8.90. The molecule has 0 fully saturated rings. The van der Waals surface area contributed by atoms with Crippen LogP contribution < -0.4 is 5.73 Å². The molecule has 6 nitrogen and oxygen atoms in total. The molecule has 0 spiro atoms. The van der Waals surface area contributed by atoms with E-state index in [9.17, 15) is 18.7 Å². The lowest BCUT2D eigenvalue weighted by molar-refractivity contribution is -0.385. The van der Waals surface area contributed by atoms with Crippen molar-refractivity contribution in [2.24, 2.45) is 10.7 Å². The molecule has 2 N–H and O–H groups in total. The van der Waals surface area contributed by atoms with Crippen LogP contribution in [0.3, 0.4) is 0 Å². The van der Waals surface area contributed by atoms with E-state index < -0.39 is 27.6 Å². The molecular weight excluding hydrogens is 273 g/mol. The van der Waals surface area contributed by atoms with Gasteiger partial charge in [0.05, 0.1) is 22.0 Å². The van der Waals surface area contributed by atoms with Crippen molar-refractivity contribution in [3.05, 3.63) is 39.7 Å². The molecule has 1 heterocycles. The molecule has 3 unspecified atom stereocenters. The van der Waals surface area contributed by atoms with Gasteiger partial charge in [-0.05, 0) is 13.0 Å². The Hall–Kier alpha value is -1.83. The fourth-order valence-corrected chi connectivity index (χ4v) is 3.00. The number of nitrogens with two attached hydrogens (primary N) is 1. The number of nitro groups is 1. The topological polar surface area (TPSA) is 98.6 Å². The van der Waals surface area contributed by atoms with Gasteiger partial charge in [-0.1, -0.05) is 0 Å². The number of non-ortho nitro benzene ring substituents is 1. The lowest BCUT2D eigenvalue weighted by Crippen LogP contribution is -2.37. The van der Waals surface area contributed by atoms with Gasteiger partial charge in [0.15, 0.2) is 0 Å². The fourth-order valence-electron chi connectivity index (χ4n) is 1.82. The predicted molar refractivity (Wildman–Crippen MR) is 69.9 cm³/mol. The fraction of sp³-hybridized carbons (Fsp3) is 0.364. The zero-order valence-corrected chi connectivity index (χ0v) is 10.9. The lowest BCUT2D eigenvalue weighted by Gasteiger charge is -2.23. The van der Waals surface area contributed by atoms with E-state index in [2.05, 4.69) is 4.99 Å². The summed E-state index contributed by atoms with van der Waals surface area (Å²) < 4.78 is 25.5. The van der Waals surface area contributed by atoms with Gasteiger partial charge in [-0.25, -0.2) is 4.39 Å². The Balaban J connectivity index is 2.45. The monoisotopic (exact) mass is 285 g/mol. The predicted octanol–water partition coefficient (Wildman–Crippen LogP) is 1.28. The van der Waals surface area contributed by atoms with Crippen molar-refractivity contribution in [2.45, 2.75) is 18.2 Å². The first-order valence-electron chi connectivity index (χ1n) is 5.54. The quantitative estimate of drug-likeness (QED) is 0.653. The number of halogens is 1. The first kappa shape index (κ1) is 13.6. The van der Waals surface area contributed by atoms with Crippen molar-refractivity contribution in [3.8, 4) is 0 Å². The summed E-state index contributed by atoms with van der Waals surface area (Å²) in [6.07, 6.45) is 0. The summed E-state index contributed by atoms with van der Waals surface area (Å²) in [5, 5.41) is 10.3. The van der Waals surface area contributed by atoms with Gasteiger partial charge in [0.2, 0.25) is 0 Å². The van der Waals surface area contributed by atoms with Crippen molar-refractivity contribution in [2.75, 3.05) is 5.75 Å². The van der Waals surface area contributed by atoms with E-state index in [0.29, 0.717) is 0 Å². The largest absolute Gasteiger partial charge is 0.386 e. The summed E-state index contributed by atoms with van der Waals surface area (Å²) in [5.74, 6) is -0.320. The van der Waals surface area contributed by atoms with E-state index in [1.165, 1.54) is 0 Å². The molecule has 0 radical (unpaired) electrons. The molecule has 0 amide bonds. The van der Waals surface area contributed by atoms with Crippen molar-refractivity contribution in [1.29, 1.82) is 0 Å². The highest BCUT2D eigenvalue weighted by Gasteiger charge is 2.29. The maximum Gasteiger partial charge on any atom is 0.269 e. The number of hydrogen-bond acceptors (Lipinski definition) is 5. The number of hydrogen-bond donors (Lipinski definition) is 1. The van der Waals surface area contributed by atoms with Gasteiger partial charge in [0.1, 0.15) is 11.7 Å². The Morgan fingerprint density at radius 1 is 1.58 bits per heavy atom. The Labute approximate surface area is 111 Å². The normalized spacial score (nSPS) is 26.8. The minimum absolute atomic E-state index is 0.0531. The number of amidine groups is 1. The van der Waals surface area contributed by atoms with Crippen molar-refractivity contribution < 1.29 is 13.5 Å². The maximum atomic E-state index is 13.7. The van der Waals surface area contributed by atoms with Gasteiger partial charge < -0.3 is 5.73 Å². The van der Waals surface area contributed by atoms with Gasteiger partial charge >= 0.3 is 0 Å². The Morgan fingerprint density at radius 3 is 2.84 bits per heavy atom. The highest BCUT2D eigenvalue weighted by atomic mass is 32.2. The van der Waals surface area contributed by atoms with E-state index in [-0.39, 0.29) is 28.1 Å². The van der Waals surface area contributed by atoms with E-state index in [1.54, 1.807) is 6.92 Å². The van der Waals surface area contributed by atoms with Crippen LogP contribution in [0.25, 0.3) is 0 Å². The van der Waals surface area contributed by atoms with Crippen LogP contribution in [0.5, 0.6) is 0 Å². The summed E-state index contributed by atoms with van der Waals surface area (Å²) in [5.41, 5.74) is 5.47. The van der Waals surface area contributed by atoms with Crippen LogP contribution in [0.15, 0.2) is 23.2 Å². The van der Waals surface area contributed by atoms with Crippen molar-refractivity contribution >= 4 is 22.3 Å². The average Bonchev–Trinajstić information content (AvgIpc) is 2.35. The zero-order chi connectivity index (χ0) is 14.2. The number of nitrogens with zero attached hydrogens (tertiary/aromatic N) is 2. The average molecular weight is 285 g/mol. The van der Waals surface area contributed by atoms with Crippen molar-refractivity contribution in [3.63, 3.8) is 0 Å². The molecular formula is C11H12FN3O3S. The summed E-state index contributed by atoms with van der Waals surface area (Å²) >= 11 is 0. The molecule has 0 saturated heterocycles. The molecule has 1 aliphatic heterocycles. The standard InChI is InChI=1S/C11H12FN3O3S/c1-6-11(13)14-10(5-19(6)18)8-4-7(15(16)17)2-3-9(8)12/h2-4,6,10H,5H2,1H3,(H2,13,14). The van der Waals surface area contributed by atoms with E-state index >= 15 is 0 Å². The second-order valence-corrected chi connectivity index (χ2v) is 6.02. The van der Waals surface area contributed by atoms with E-state index in [4.69, 9.17) is 5.73 Å². The van der Waals surface area contributed by atoms with E-state index in [0.717, 1.165) is 18.2 Å². The lowest BCUT2D eigenvalue weighted by atomic mass is 10.1.